The molecule has 4 N–H and O–H groups in total. The maximum absolute atomic E-state index is 12.6. The van der Waals surface area contributed by atoms with Crippen molar-refractivity contribution in [1.29, 1.82) is 0 Å². The van der Waals surface area contributed by atoms with E-state index in [1.54, 1.807) is 0 Å². The summed E-state index contributed by atoms with van der Waals surface area (Å²) in [6.07, 6.45) is -8.31. The monoisotopic (exact) mass is 263 g/mol. The number of halogens is 3. The second kappa shape index (κ2) is 4.95. The molecule has 1 aromatic rings. The molecule has 1 rings (SSSR count). The summed E-state index contributed by atoms with van der Waals surface area (Å²) < 4.78 is 37.8. The molecule has 0 aliphatic carbocycles. The quantitative estimate of drug-likeness (QED) is 0.757. The number of aryl methyl sites for hydroxylation is 1. The summed E-state index contributed by atoms with van der Waals surface area (Å²) in [6.45, 7) is 1.27. The Bertz CT molecular complexity index is 459. The van der Waals surface area contributed by atoms with Crippen LogP contribution in [0.5, 0.6) is 0 Å². The van der Waals surface area contributed by atoms with E-state index in [0.717, 1.165) is 6.07 Å². The van der Waals surface area contributed by atoms with Crippen molar-refractivity contribution >= 4 is 5.91 Å². The molecule has 0 saturated heterocycles. The SMILES string of the molecule is Cc1ccc(C(O)C(O)C(N)=O)cc1C(F)(F)F. The number of hydrogen-bond donors (Lipinski definition) is 3. The van der Waals surface area contributed by atoms with Crippen molar-refractivity contribution in [3.63, 3.8) is 0 Å². The van der Waals surface area contributed by atoms with E-state index < -0.39 is 29.9 Å². The fourth-order valence-corrected chi connectivity index (χ4v) is 1.47. The third-order valence-corrected chi connectivity index (χ3v) is 2.50. The molecule has 0 heterocycles. The fraction of sp³-hybridized carbons (Fsp3) is 0.364. The Balaban J connectivity index is 3.17. The minimum absolute atomic E-state index is 0.0213. The Morgan fingerprint density at radius 1 is 1.33 bits per heavy atom. The van der Waals surface area contributed by atoms with Gasteiger partial charge in [-0.15, -0.1) is 0 Å². The van der Waals surface area contributed by atoms with Gasteiger partial charge in [-0.3, -0.25) is 4.79 Å². The molecule has 1 aromatic carbocycles. The summed E-state index contributed by atoms with van der Waals surface area (Å²) in [5, 5.41) is 18.7. The number of nitrogens with two attached hydrogens (primary N) is 1. The van der Waals surface area contributed by atoms with E-state index in [0.29, 0.717) is 6.07 Å². The van der Waals surface area contributed by atoms with Gasteiger partial charge in [0.05, 0.1) is 5.56 Å². The number of alkyl halides is 3. The highest BCUT2D eigenvalue weighted by atomic mass is 19.4. The van der Waals surface area contributed by atoms with Crippen molar-refractivity contribution in [2.75, 3.05) is 0 Å². The molecule has 1 amide bonds. The molecule has 2 atom stereocenters. The lowest BCUT2D eigenvalue weighted by atomic mass is 9.98. The van der Waals surface area contributed by atoms with Gasteiger partial charge in [-0.05, 0) is 24.1 Å². The lowest BCUT2D eigenvalue weighted by Crippen LogP contribution is -2.34. The Morgan fingerprint density at radius 3 is 2.33 bits per heavy atom. The van der Waals surface area contributed by atoms with Crippen LogP contribution in [0.15, 0.2) is 18.2 Å². The van der Waals surface area contributed by atoms with Crippen LogP contribution in [-0.2, 0) is 11.0 Å². The van der Waals surface area contributed by atoms with E-state index in [4.69, 9.17) is 5.73 Å². The third kappa shape index (κ3) is 2.99. The normalized spacial score (nSPS) is 15.2. The first-order valence-corrected chi connectivity index (χ1v) is 4.97. The lowest BCUT2D eigenvalue weighted by molar-refractivity contribution is -0.138. The van der Waals surface area contributed by atoms with Gasteiger partial charge < -0.3 is 15.9 Å². The van der Waals surface area contributed by atoms with Gasteiger partial charge >= 0.3 is 6.18 Å². The van der Waals surface area contributed by atoms with Crippen molar-refractivity contribution < 1.29 is 28.2 Å². The van der Waals surface area contributed by atoms with Gasteiger partial charge in [-0.25, -0.2) is 0 Å². The van der Waals surface area contributed by atoms with Crippen LogP contribution < -0.4 is 5.73 Å². The number of primary amides is 1. The average molecular weight is 263 g/mol. The number of benzene rings is 1. The van der Waals surface area contributed by atoms with E-state index in [1.807, 2.05) is 0 Å². The Morgan fingerprint density at radius 2 is 1.89 bits per heavy atom. The van der Waals surface area contributed by atoms with Gasteiger partial charge in [0.25, 0.3) is 0 Å². The summed E-state index contributed by atoms with van der Waals surface area (Å²) in [5.74, 6) is -1.21. The Labute approximate surface area is 101 Å². The van der Waals surface area contributed by atoms with E-state index in [1.165, 1.54) is 13.0 Å². The zero-order valence-corrected chi connectivity index (χ0v) is 9.40. The first-order chi connectivity index (χ1) is 8.14. The zero-order chi connectivity index (χ0) is 14.1. The largest absolute Gasteiger partial charge is 0.416 e. The van der Waals surface area contributed by atoms with Gasteiger partial charge in [0.1, 0.15) is 6.10 Å². The van der Waals surface area contributed by atoms with Crippen molar-refractivity contribution in [1.82, 2.24) is 0 Å². The van der Waals surface area contributed by atoms with Crippen LogP contribution in [0, 0.1) is 6.92 Å². The van der Waals surface area contributed by atoms with Crippen LogP contribution in [0.3, 0.4) is 0 Å². The van der Waals surface area contributed by atoms with Gasteiger partial charge in [-0.2, -0.15) is 13.2 Å². The van der Waals surface area contributed by atoms with Crippen LogP contribution in [0.1, 0.15) is 22.8 Å². The standard InChI is InChI=1S/C11H12F3NO3/c1-5-2-3-6(4-7(5)11(12,13)14)8(16)9(17)10(15)18/h2-4,8-9,16-17H,1H3,(H2,15,18). The van der Waals surface area contributed by atoms with Crippen molar-refractivity contribution in [2.45, 2.75) is 25.3 Å². The fourth-order valence-electron chi connectivity index (χ4n) is 1.47. The Hall–Kier alpha value is -1.60. The molecule has 0 saturated carbocycles. The number of amides is 1. The highest BCUT2D eigenvalue weighted by Crippen LogP contribution is 2.33. The second-order valence-electron chi connectivity index (χ2n) is 3.86. The van der Waals surface area contributed by atoms with E-state index in [-0.39, 0.29) is 11.1 Å². The van der Waals surface area contributed by atoms with Gasteiger partial charge in [0, 0.05) is 0 Å². The van der Waals surface area contributed by atoms with Gasteiger partial charge in [-0.1, -0.05) is 12.1 Å². The number of aliphatic hydroxyl groups excluding tert-OH is 2. The van der Waals surface area contributed by atoms with Crippen LogP contribution in [0.25, 0.3) is 0 Å². The number of carbonyl (C=O) groups excluding carboxylic acids is 1. The maximum atomic E-state index is 12.6. The smallest absolute Gasteiger partial charge is 0.385 e. The maximum Gasteiger partial charge on any atom is 0.416 e. The third-order valence-electron chi connectivity index (χ3n) is 2.50. The molecule has 0 fully saturated rings. The van der Waals surface area contributed by atoms with Crippen molar-refractivity contribution in [3.8, 4) is 0 Å². The van der Waals surface area contributed by atoms with E-state index in [9.17, 15) is 28.2 Å². The van der Waals surface area contributed by atoms with Crippen LogP contribution >= 0.6 is 0 Å². The number of hydrogen-bond acceptors (Lipinski definition) is 3. The first-order valence-electron chi connectivity index (χ1n) is 4.97. The predicted molar refractivity (Wildman–Crippen MR) is 56.3 cm³/mol. The lowest BCUT2D eigenvalue weighted by Gasteiger charge is -2.18. The second-order valence-corrected chi connectivity index (χ2v) is 3.86. The van der Waals surface area contributed by atoms with Crippen LogP contribution in [0.2, 0.25) is 0 Å². The highest BCUT2D eigenvalue weighted by Gasteiger charge is 2.34. The van der Waals surface area contributed by atoms with Gasteiger partial charge in [0.15, 0.2) is 6.10 Å². The minimum atomic E-state index is -4.57. The molecular weight excluding hydrogens is 251 g/mol. The molecule has 100 valence electrons. The molecule has 4 nitrogen and oxygen atoms in total. The minimum Gasteiger partial charge on any atom is -0.385 e. The number of rotatable bonds is 3. The Kier molecular flexibility index (Phi) is 3.98. The number of aliphatic hydroxyl groups is 2. The highest BCUT2D eigenvalue weighted by molar-refractivity contribution is 5.79. The topological polar surface area (TPSA) is 83.6 Å². The summed E-state index contributed by atoms with van der Waals surface area (Å²) >= 11 is 0. The van der Waals surface area contributed by atoms with Gasteiger partial charge in [0.2, 0.25) is 5.91 Å². The van der Waals surface area contributed by atoms with E-state index in [2.05, 4.69) is 0 Å². The molecule has 0 aromatic heterocycles. The number of carbonyl (C=O) groups is 1. The zero-order valence-electron chi connectivity index (χ0n) is 9.40. The molecule has 2 unspecified atom stereocenters. The summed E-state index contributed by atoms with van der Waals surface area (Å²) in [7, 11) is 0. The summed E-state index contributed by atoms with van der Waals surface area (Å²) in [6, 6.07) is 3.03. The molecular formula is C11H12F3NO3. The molecule has 0 aliphatic heterocycles. The van der Waals surface area contributed by atoms with Crippen LogP contribution in [0.4, 0.5) is 13.2 Å². The molecule has 7 heteroatoms. The summed E-state index contributed by atoms with van der Waals surface area (Å²) in [5.41, 5.74) is 3.58. The van der Waals surface area contributed by atoms with Crippen molar-refractivity contribution in [2.24, 2.45) is 5.73 Å². The summed E-state index contributed by atoms with van der Waals surface area (Å²) in [4.78, 5) is 10.7. The first kappa shape index (κ1) is 14.5. The molecule has 18 heavy (non-hydrogen) atoms. The average Bonchev–Trinajstić information content (AvgIpc) is 2.26. The van der Waals surface area contributed by atoms with Crippen molar-refractivity contribution in [3.05, 3.63) is 34.9 Å². The molecule has 0 bridgehead atoms. The van der Waals surface area contributed by atoms with E-state index >= 15 is 0 Å². The van der Waals surface area contributed by atoms with Crippen LogP contribution in [-0.4, -0.2) is 22.2 Å². The molecule has 0 aliphatic rings. The predicted octanol–water partition coefficient (Wildman–Crippen LogP) is 0.893. The molecule has 0 spiro atoms. The molecule has 0 radical (unpaired) electrons.